The van der Waals surface area contributed by atoms with Gasteiger partial charge in [-0.1, -0.05) is 0 Å². The highest BCUT2D eigenvalue weighted by molar-refractivity contribution is 6.13. The molecule has 0 bridgehead atoms. The van der Waals surface area contributed by atoms with E-state index < -0.39 is 11.9 Å². The third-order valence-corrected chi connectivity index (χ3v) is 3.24. The lowest BCUT2D eigenvalue weighted by atomic mass is 10.0. The van der Waals surface area contributed by atoms with Gasteiger partial charge >= 0.3 is 11.9 Å². The molecule has 0 spiro atoms. The van der Waals surface area contributed by atoms with Crippen molar-refractivity contribution >= 4 is 22.8 Å². The fourth-order valence-corrected chi connectivity index (χ4v) is 2.28. The Hall–Kier alpha value is -2.70. The first-order valence-electron chi connectivity index (χ1n) is 6.02. The topological polar surface area (TPSA) is 87.0 Å². The first-order chi connectivity index (χ1) is 9.97. The summed E-state index contributed by atoms with van der Waals surface area (Å²) in [4.78, 5) is 24.0. The smallest absolute Gasteiger partial charge is 0.342 e. The van der Waals surface area contributed by atoms with E-state index >= 15 is 0 Å². The third kappa shape index (κ3) is 2.06. The van der Waals surface area contributed by atoms with Gasteiger partial charge in [-0.15, -0.1) is 0 Å². The first-order valence-corrected chi connectivity index (χ1v) is 6.02. The molecule has 0 atom stereocenters. The second-order valence-corrected chi connectivity index (χ2v) is 4.30. The van der Waals surface area contributed by atoms with Crippen LogP contribution in [0.15, 0.2) is 12.3 Å². The summed E-state index contributed by atoms with van der Waals surface area (Å²) in [5.41, 5.74) is 0.0293. The van der Waals surface area contributed by atoms with E-state index in [1.807, 2.05) is 0 Å². The summed E-state index contributed by atoms with van der Waals surface area (Å²) in [5, 5.41) is 10.7. The number of phenolic OH excluding ortho intramolecular Hbond substituents is 1. The number of hydrogen-bond donors (Lipinski definition) is 1. The fourth-order valence-electron chi connectivity index (χ4n) is 2.28. The van der Waals surface area contributed by atoms with Crippen LogP contribution in [0, 0.1) is 0 Å². The molecule has 0 amide bonds. The monoisotopic (exact) mass is 293 g/mol. The molecule has 0 unspecified atom stereocenters. The van der Waals surface area contributed by atoms with Crippen LogP contribution in [0.4, 0.5) is 0 Å². The summed E-state index contributed by atoms with van der Waals surface area (Å²) in [6.45, 7) is 0. The number of hydrogen-bond acceptors (Lipinski definition) is 6. The molecule has 7 nitrogen and oxygen atoms in total. The van der Waals surface area contributed by atoms with Gasteiger partial charge in [0.05, 0.1) is 26.8 Å². The van der Waals surface area contributed by atoms with Gasteiger partial charge in [-0.25, -0.2) is 9.59 Å². The van der Waals surface area contributed by atoms with Crippen LogP contribution in [-0.2, 0) is 16.5 Å². The minimum atomic E-state index is -0.850. The van der Waals surface area contributed by atoms with E-state index in [-0.39, 0.29) is 22.6 Å². The Balaban J connectivity index is 3.02. The lowest BCUT2D eigenvalue weighted by molar-refractivity contribution is 0.0549. The largest absolute Gasteiger partial charge is 0.506 e. The highest BCUT2D eigenvalue weighted by Gasteiger charge is 2.31. The average molecular weight is 293 g/mol. The van der Waals surface area contributed by atoms with Gasteiger partial charge in [-0.05, 0) is 6.07 Å². The molecule has 0 aliphatic heterocycles. The predicted octanol–water partition coefficient (Wildman–Crippen LogP) is 1.47. The molecule has 0 aliphatic carbocycles. The molecule has 1 N–H and O–H groups in total. The Kier molecular flexibility index (Phi) is 3.75. The fraction of sp³-hybridized carbons (Fsp3) is 0.286. The molecule has 7 heteroatoms. The van der Waals surface area contributed by atoms with Crippen LogP contribution in [0.25, 0.3) is 10.9 Å². The van der Waals surface area contributed by atoms with Crippen LogP contribution in [0.1, 0.15) is 20.7 Å². The van der Waals surface area contributed by atoms with Gasteiger partial charge in [-0.3, -0.25) is 0 Å². The van der Waals surface area contributed by atoms with Crippen LogP contribution in [0.3, 0.4) is 0 Å². The molecule has 112 valence electrons. The SMILES string of the molecule is COC(=O)c1c(C(=O)OC)c(OC)c2c(ccn2C)c1O. The van der Waals surface area contributed by atoms with Gasteiger partial charge < -0.3 is 23.9 Å². The maximum absolute atomic E-state index is 12.0. The summed E-state index contributed by atoms with van der Waals surface area (Å²) >= 11 is 0. The molecule has 0 saturated heterocycles. The minimum Gasteiger partial charge on any atom is -0.506 e. The number of phenols is 1. The maximum Gasteiger partial charge on any atom is 0.342 e. The second-order valence-electron chi connectivity index (χ2n) is 4.30. The number of carbonyl (C=O) groups is 2. The number of methoxy groups -OCH3 is 3. The highest BCUT2D eigenvalue weighted by atomic mass is 16.5. The Morgan fingerprint density at radius 2 is 1.67 bits per heavy atom. The third-order valence-electron chi connectivity index (χ3n) is 3.24. The Morgan fingerprint density at radius 3 is 2.19 bits per heavy atom. The van der Waals surface area contributed by atoms with Crippen molar-refractivity contribution in [3.63, 3.8) is 0 Å². The van der Waals surface area contributed by atoms with Gasteiger partial charge in [-0.2, -0.15) is 0 Å². The molecular formula is C14H15NO6. The molecule has 2 rings (SSSR count). The molecule has 0 fully saturated rings. The molecule has 21 heavy (non-hydrogen) atoms. The Labute approximate surface area is 120 Å². The number of fused-ring (bicyclic) bond motifs is 1. The van der Waals surface area contributed by atoms with Crippen LogP contribution >= 0.6 is 0 Å². The van der Waals surface area contributed by atoms with Crippen molar-refractivity contribution in [3.8, 4) is 11.5 Å². The number of rotatable bonds is 3. The van der Waals surface area contributed by atoms with Crippen molar-refractivity contribution in [2.75, 3.05) is 21.3 Å². The number of aryl methyl sites for hydroxylation is 1. The van der Waals surface area contributed by atoms with Crippen LogP contribution in [-0.4, -0.2) is 42.9 Å². The van der Waals surface area contributed by atoms with E-state index in [1.165, 1.54) is 14.2 Å². The number of ether oxygens (including phenoxy) is 3. The van der Waals surface area contributed by atoms with Gasteiger partial charge in [0.15, 0.2) is 5.75 Å². The molecule has 0 saturated carbocycles. The second kappa shape index (κ2) is 5.35. The van der Waals surface area contributed by atoms with E-state index in [0.717, 1.165) is 7.11 Å². The molecule has 1 aromatic carbocycles. The quantitative estimate of drug-likeness (QED) is 0.862. The van der Waals surface area contributed by atoms with E-state index in [1.54, 1.807) is 23.9 Å². The molecule has 0 radical (unpaired) electrons. The van der Waals surface area contributed by atoms with Crippen molar-refractivity contribution in [1.29, 1.82) is 0 Å². The summed E-state index contributed by atoms with van der Waals surface area (Å²) in [5.74, 6) is -1.86. The molecule has 0 aliphatic rings. The highest BCUT2D eigenvalue weighted by Crippen LogP contribution is 2.41. The zero-order valence-electron chi connectivity index (χ0n) is 12.1. The van der Waals surface area contributed by atoms with Crippen LogP contribution < -0.4 is 4.74 Å². The maximum atomic E-state index is 12.0. The number of carbonyl (C=O) groups excluding carboxylic acids is 2. The van der Waals surface area contributed by atoms with Gasteiger partial charge in [0.2, 0.25) is 0 Å². The zero-order chi connectivity index (χ0) is 15.7. The van der Waals surface area contributed by atoms with Crippen LogP contribution in [0.2, 0.25) is 0 Å². The summed E-state index contributed by atoms with van der Waals surface area (Å²) in [6, 6.07) is 1.61. The zero-order valence-corrected chi connectivity index (χ0v) is 12.1. The molecule has 2 aromatic rings. The van der Waals surface area contributed by atoms with E-state index in [9.17, 15) is 14.7 Å². The first kappa shape index (κ1) is 14.7. The summed E-state index contributed by atoms with van der Waals surface area (Å²) in [7, 11) is 5.43. The normalized spacial score (nSPS) is 10.5. The Bertz CT molecular complexity index is 731. The van der Waals surface area contributed by atoms with Crippen LogP contribution in [0.5, 0.6) is 11.5 Å². The lowest BCUT2D eigenvalue weighted by Gasteiger charge is -2.15. The van der Waals surface area contributed by atoms with Crippen molar-refractivity contribution in [2.24, 2.45) is 7.05 Å². The average Bonchev–Trinajstić information content (AvgIpc) is 2.88. The van der Waals surface area contributed by atoms with Crippen molar-refractivity contribution < 1.29 is 28.9 Å². The number of esters is 2. The van der Waals surface area contributed by atoms with Gasteiger partial charge in [0, 0.05) is 18.6 Å². The molecule has 1 heterocycles. The minimum absolute atomic E-state index is 0.141. The molecule has 1 aromatic heterocycles. The number of benzene rings is 1. The summed E-state index contributed by atoms with van der Waals surface area (Å²) in [6.07, 6.45) is 1.68. The summed E-state index contributed by atoms with van der Waals surface area (Å²) < 4.78 is 16.3. The number of aromatic hydroxyl groups is 1. The van der Waals surface area contributed by atoms with Gasteiger partial charge in [0.25, 0.3) is 0 Å². The van der Waals surface area contributed by atoms with Gasteiger partial charge in [0.1, 0.15) is 16.9 Å². The predicted molar refractivity (Wildman–Crippen MR) is 73.8 cm³/mol. The standard InChI is InChI=1S/C14H15NO6/c1-15-6-5-7-10(15)12(19-2)9(14(18)21-4)8(11(7)16)13(17)20-3/h5-6,16H,1-4H3. The number of nitrogens with zero attached hydrogens (tertiary/aromatic N) is 1. The Morgan fingerprint density at radius 1 is 1.10 bits per heavy atom. The van der Waals surface area contributed by atoms with Crippen molar-refractivity contribution in [3.05, 3.63) is 23.4 Å². The lowest BCUT2D eigenvalue weighted by Crippen LogP contribution is -2.14. The van der Waals surface area contributed by atoms with E-state index in [2.05, 4.69) is 9.47 Å². The van der Waals surface area contributed by atoms with Crippen molar-refractivity contribution in [2.45, 2.75) is 0 Å². The van der Waals surface area contributed by atoms with Crippen molar-refractivity contribution in [1.82, 2.24) is 4.57 Å². The molecular weight excluding hydrogens is 278 g/mol. The van der Waals surface area contributed by atoms with E-state index in [4.69, 9.17) is 4.74 Å². The number of aromatic nitrogens is 1. The van der Waals surface area contributed by atoms with E-state index in [0.29, 0.717) is 10.9 Å².